The number of oxime groups is 1. The van der Waals surface area contributed by atoms with Crippen molar-refractivity contribution >= 4 is 23.4 Å². The predicted octanol–water partition coefficient (Wildman–Crippen LogP) is 8.49. The minimum atomic E-state index is -1.47. The van der Waals surface area contributed by atoms with Crippen LogP contribution in [0.15, 0.2) is 102 Å². The van der Waals surface area contributed by atoms with Crippen molar-refractivity contribution in [1.29, 1.82) is 0 Å². The van der Waals surface area contributed by atoms with Crippen molar-refractivity contribution in [2.45, 2.75) is 69.6 Å². The third kappa shape index (κ3) is 11.0. The van der Waals surface area contributed by atoms with E-state index in [1.807, 2.05) is 61.5 Å². The van der Waals surface area contributed by atoms with Gasteiger partial charge in [0.1, 0.15) is 36.5 Å². The molecular formula is C48H61ClN2O10. The van der Waals surface area contributed by atoms with Crippen molar-refractivity contribution in [1.82, 2.24) is 4.90 Å². The Morgan fingerprint density at radius 3 is 2.38 bits per heavy atom. The molecule has 1 saturated carbocycles. The van der Waals surface area contributed by atoms with Crippen LogP contribution in [0.5, 0.6) is 17.2 Å². The van der Waals surface area contributed by atoms with Crippen LogP contribution >= 0.6 is 11.6 Å². The molecular weight excluding hydrogens is 800 g/mol. The Labute approximate surface area is 364 Å². The molecule has 6 rings (SSSR count). The molecule has 1 heterocycles. The molecule has 3 aromatic carbocycles. The molecule has 0 saturated heterocycles. The van der Waals surface area contributed by atoms with Gasteiger partial charge in [0.2, 0.25) is 5.79 Å². The van der Waals surface area contributed by atoms with Crippen LogP contribution in [-0.4, -0.2) is 109 Å². The fourth-order valence-corrected chi connectivity index (χ4v) is 9.33. The highest BCUT2D eigenvalue weighted by Gasteiger charge is 2.65. The Bertz CT molecular complexity index is 1910. The number of rotatable bonds is 24. The highest BCUT2D eigenvalue weighted by molar-refractivity contribution is 6.18. The quantitative estimate of drug-likeness (QED) is 0.0347. The summed E-state index contributed by atoms with van der Waals surface area (Å²) in [6.07, 6.45) is 8.08. The zero-order chi connectivity index (χ0) is 43.0. The number of hydrogen-bond donors (Lipinski definition) is 3. The molecule has 2 aliphatic carbocycles. The lowest BCUT2D eigenvalue weighted by molar-refractivity contribution is -0.256. The third-order valence-electron chi connectivity index (χ3n) is 11.8. The lowest BCUT2D eigenvalue weighted by Gasteiger charge is -2.59. The molecule has 0 aromatic heterocycles. The number of fused-ring (bicyclic) bond motifs is 2. The summed E-state index contributed by atoms with van der Waals surface area (Å²) in [5, 5.41) is 34.0. The molecule has 0 spiro atoms. The van der Waals surface area contributed by atoms with Crippen LogP contribution < -0.4 is 9.47 Å². The molecule has 61 heavy (non-hydrogen) atoms. The Kier molecular flexibility index (Phi) is 17.5. The van der Waals surface area contributed by atoms with Gasteiger partial charge < -0.3 is 43.8 Å². The van der Waals surface area contributed by atoms with Gasteiger partial charge in [-0.15, -0.1) is 18.2 Å². The van der Waals surface area contributed by atoms with Gasteiger partial charge >= 0.3 is 6.09 Å². The first-order valence-electron chi connectivity index (χ1n) is 21.6. The number of allylic oxidation sites excluding steroid dienone is 1. The number of amides is 1. The minimum Gasteiger partial charge on any atom is -0.459 e. The van der Waals surface area contributed by atoms with Crippen molar-refractivity contribution in [3.8, 4) is 28.4 Å². The van der Waals surface area contributed by atoms with E-state index in [2.05, 4.69) is 30.9 Å². The van der Waals surface area contributed by atoms with Crippen LogP contribution in [0.2, 0.25) is 0 Å². The number of nitrogens with zero attached hydrogens (tertiary/aromatic N) is 2. The van der Waals surface area contributed by atoms with Crippen LogP contribution in [0.3, 0.4) is 0 Å². The fourth-order valence-electron chi connectivity index (χ4n) is 9.25. The number of hydrogen-bond acceptors (Lipinski definition) is 11. The van der Waals surface area contributed by atoms with E-state index in [1.165, 1.54) is 0 Å². The molecule has 0 bridgehead atoms. The number of carbonyl (C=O) groups excluding carboxylic acids is 1. The largest absolute Gasteiger partial charge is 0.459 e. The van der Waals surface area contributed by atoms with Crippen LogP contribution in [0.25, 0.3) is 11.1 Å². The highest BCUT2D eigenvalue weighted by atomic mass is 35.5. The summed E-state index contributed by atoms with van der Waals surface area (Å²) >= 11 is 6.02. The van der Waals surface area contributed by atoms with Crippen LogP contribution in [0, 0.1) is 17.8 Å². The van der Waals surface area contributed by atoms with Gasteiger partial charge in [-0.2, -0.15) is 0 Å². The average Bonchev–Trinajstić information content (AvgIpc) is 3.29. The number of aliphatic hydroxyl groups excluding tert-OH is 3. The van der Waals surface area contributed by atoms with E-state index in [4.69, 9.17) is 45.3 Å². The molecule has 3 aromatic rings. The van der Waals surface area contributed by atoms with E-state index in [-0.39, 0.29) is 82.8 Å². The van der Waals surface area contributed by atoms with Crippen molar-refractivity contribution < 1.29 is 48.6 Å². The number of benzene rings is 3. The van der Waals surface area contributed by atoms with Crippen molar-refractivity contribution in [3.63, 3.8) is 0 Å². The zero-order valence-electron chi connectivity index (χ0n) is 35.2. The monoisotopic (exact) mass is 860 g/mol. The van der Waals surface area contributed by atoms with Crippen LogP contribution in [-0.2, 0) is 19.0 Å². The molecule has 12 nitrogen and oxygen atoms in total. The number of aliphatic hydroxyl groups is 3. The predicted molar refractivity (Wildman–Crippen MR) is 235 cm³/mol. The maximum absolute atomic E-state index is 14.2. The Morgan fingerprint density at radius 2 is 1.67 bits per heavy atom. The van der Waals surface area contributed by atoms with Crippen LogP contribution in [0.4, 0.5) is 4.79 Å². The summed E-state index contributed by atoms with van der Waals surface area (Å²) in [6, 6.07) is 23.3. The first-order chi connectivity index (χ1) is 29.9. The van der Waals surface area contributed by atoms with E-state index < -0.39 is 23.8 Å². The molecule has 13 heteroatoms. The highest BCUT2D eigenvalue weighted by Crippen LogP contribution is 2.62. The van der Waals surface area contributed by atoms with E-state index in [0.717, 1.165) is 47.9 Å². The molecule has 0 radical (unpaired) electrons. The molecule has 3 N–H and O–H groups in total. The Morgan fingerprint density at radius 1 is 0.934 bits per heavy atom. The van der Waals surface area contributed by atoms with E-state index in [9.17, 15) is 20.1 Å². The van der Waals surface area contributed by atoms with Gasteiger partial charge in [-0.05, 0) is 91.5 Å². The Hall–Kier alpha value is -4.43. The number of unbranched alkanes of at least 4 members (excludes halogenated alkanes) is 2. The summed E-state index contributed by atoms with van der Waals surface area (Å²) < 4.78 is 32.3. The maximum atomic E-state index is 14.2. The summed E-state index contributed by atoms with van der Waals surface area (Å²) in [5.74, 6) is -0.0874. The second-order valence-corrected chi connectivity index (χ2v) is 15.9. The van der Waals surface area contributed by atoms with Crippen molar-refractivity contribution in [2.75, 3.05) is 65.3 Å². The minimum absolute atomic E-state index is 0.0113. The van der Waals surface area contributed by atoms with Crippen molar-refractivity contribution in [2.24, 2.45) is 22.9 Å². The number of ether oxygens (including phenoxy) is 5. The third-order valence-corrected chi connectivity index (χ3v) is 11.9. The fraction of sp³-hybridized carbons (Fsp3) is 0.500. The summed E-state index contributed by atoms with van der Waals surface area (Å²) in [5.41, 5.74) is 4.73. The first kappa shape index (κ1) is 46.1. The SMILES string of the molecule is C=CCO[C@@]12Oc3ccc(Oc4ccc(-c5ccccc5)cc4)cc3[C@H]3[C@H](CCCCO)[C@@H](CCCCO)C=C(C(=NOCC)C[C@@H]1N(CCOCCO)C(=O)OCCCl)[C@H]32. The molecule has 1 fully saturated rings. The molecule has 330 valence electrons. The lowest BCUT2D eigenvalue weighted by Crippen LogP contribution is -2.70. The van der Waals surface area contributed by atoms with Gasteiger partial charge in [-0.3, -0.25) is 4.90 Å². The van der Waals surface area contributed by atoms with Gasteiger partial charge in [-0.25, -0.2) is 4.79 Å². The van der Waals surface area contributed by atoms with Gasteiger partial charge in [0.05, 0.1) is 43.9 Å². The Balaban J connectivity index is 1.52. The number of halogens is 1. The molecule has 6 atom stereocenters. The first-order valence-corrected chi connectivity index (χ1v) is 22.2. The second-order valence-electron chi connectivity index (χ2n) is 15.5. The molecule has 1 amide bonds. The standard InChI is InChI=1S/C48H61ClN2O10/c1-3-27-58-48-44(51(23-29-56-30-26-54)47(55)57-28-22-49)33-42(50-59-4-2)40-31-36(14-8-10-24-52)39(15-9-11-25-53)45(46(40)48)41-32-38(20-21-43(41)61-48)60-37-18-16-35(17-19-37)34-12-6-5-7-13-34/h3,5-7,12-13,16-21,31-32,36,39,44-46,52-54H,1,4,8-11,14-15,22-30,33H2,2H3/t36-,39+,44-,45+,46+,48+/m0/s1. The lowest BCUT2D eigenvalue weighted by atomic mass is 9.55. The van der Waals surface area contributed by atoms with E-state index in [0.29, 0.717) is 42.4 Å². The smallest absolute Gasteiger partial charge is 0.410 e. The van der Waals surface area contributed by atoms with Crippen LogP contribution in [0.1, 0.15) is 63.4 Å². The molecule has 1 aliphatic heterocycles. The van der Waals surface area contributed by atoms with E-state index in [1.54, 1.807) is 11.0 Å². The number of carbonyl (C=O) groups is 1. The number of alkyl halides is 1. The normalized spacial score (nSPS) is 23.3. The maximum Gasteiger partial charge on any atom is 0.410 e. The van der Waals surface area contributed by atoms with E-state index >= 15 is 0 Å². The zero-order valence-corrected chi connectivity index (χ0v) is 35.9. The molecule has 0 unspecified atom stereocenters. The summed E-state index contributed by atoms with van der Waals surface area (Å²) in [6.45, 7) is 6.62. The van der Waals surface area contributed by atoms with Gasteiger partial charge in [0.15, 0.2) is 0 Å². The average molecular weight is 861 g/mol. The van der Waals surface area contributed by atoms with Crippen molar-refractivity contribution in [3.05, 3.63) is 103 Å². The van der Waals surface area contributed by atoms with Gasteiger partial charge in [0.25, 0.3) is 0 Å². The van der Waals surface area contributed by atoms with Gasteiger partial charge in [0, 0.05) is 37.7 Å². The second kappa shape index (κ2) is 23.1. The summed E-state index contributed by atoms with van der Waals surface area (Å²) in [7, 11) is 0. The van der Waals surface area contributed by atoms with Gasteiger partial charge in [-0.1, -0.05) is 72.6 Å². The molecule has 3 aliphatic rings. The summed E-state index contributed by atoms with van der Waals surface area (Å²) in [4.78, 5) is 21.6. The topological polar surface area (TPSA) is 149 Å².